The van der Waals surface area contributed by atoms with Crippen molar-refractivity contribution in [2.24, 2.45) is 0 Å². The second kappa shape index (κ2) is 9.82. The molecule has 138 valence electrons. The molecule has 1 heterocycles. The number of amides is 1. The van der Waals surface area contributed by atoms with Gasteiger partial charge in [-0.05, 0) is 50.2 Å². The Hall–Kier alpha value is -2.53. The molecule has 0 spiro atoms. The van der Waals surface area contributed by atoms with Gasteiger partial charge in [-0.3, -0.25) is 9.69 Å². The van der Waals surface area contributed by atoms with Crippen LogP contribution in [0.25, 0.3) is 0 Å². The van der Waals surface area contributed by atoms with E-state index in [1.165, 1.54) is 19.3 Å². The maximum atomic E-state index is 12.2. The maximum Gasteiger partial charge on any atom is 0.238 e. The molecule has 5 nitrogen and oxygen atoms in total. The summed E-state index contributed by atoms with van der Waals surface area (Å²) >= 11 is 0. The Labute approximate surface area is 154 Å². The summed E-state index contributed by atoms with van der Waals surface area (Å²) in [5.41, 5.74) is 0.758. The molecule has 5 heteroatoms. The largest absolute Gasteiger partial charge is 0.490 e. The monoisotopic (exact) mass is 354 g/mol. The number of para-hydroxylation sites is 1. The summed E-state index contributed by atoms with van der Waals surface area (Å²) in [5, 5.41) is 2.95. The van der Waals surface area contributed by atoms with Gasteiger partial charge in [-0.25, -0.2) is 0 Å². The van der Waals surface area contributed by atoms with Crippen molar-refractivity contribution in [1.29, 1.82) is 0 Å². The predicted molar refractivity (Wildman–Crippen MR) is 103 cm³/mol. The van der Waals surface area contributed by atoms with Crippen molar-refractivity contribution in [3.8, 4) is 11.5 Å². The first kappa shape index (κ1) is 18.3. The highest BCUT2D eigenvalue weighted by atomic mass is 16.5. The molecule has 0 atom stereocenters. The number of nitrogens with one attached hydrogen (secondary N) is 1. The fourth-order valence-corrected chi connectivity index (χ4v) is 3.02. The van der Waals surface area contributed by atoms with E-state index in [4.69, 9.17) is 9.47 Å². The van der Waals surface area contributed by atoms with E-state index < -0.39 is 0 Å². The number of carbonyl (C=O) groups excluding carboxylic acids is 1. The van der Waals surface area contributed by atoms with Crippen LogP contribution < -0.4 is 14.8 Å². The van der Waals surface area contributed by atoms with E-state index in [9.17, 15) is 4.79 Å². The zero-order valence-electron chi connectivity index (χ0n) is 15.0. The molecular formula is C21H26N2O3. The molecular weight excluding hydrogens is 328 g/mol. The topological polar surface area (TPSA) is 50.8 Å². The fourth-order valence-electron chi connectivity index (χ4n) is 3.02. The van der Waals surface area contributed by atoms with Gasteiger partial charge >= 0.3 is 0 Å². The lowest BCUT2D eigenvalue weighted by Crippen LogP contribution is -2.36. The van der Waals surface area contributed by atoms with Gasteiger partial charge in [0.1, 0.15) is 24.7 Å². The number of nitrogens with zero attached hydrogens (tertiary/aromatic N) is 1. The summed E-state index contributed by atoms with van der Waals surface area (Å²) in [6.07, 6.45) is 3.63. The zero-order valence-corrected chi connectivity index (χ0v) is 15.0. The first-order valence-electron chi connectivity index (χ1n) is 9.22. The SMILES string of the molecule is O=C(CN1CCCCC1)Nc1cccc(OCCOc2ccccc2)c1. The summed E-state index contributed by atoms with van der Waals surface area (Å²) in [6.45, 7) is 3.39. The highest BCUT2D eigenvalue weighted by Gasteiger charge is 2.13. The number of benzene rings is 2. The summed E-state index contributed by atoms with van der Waals surface area (Å²) in [6, 6.07) is 17.1. The van der Waals surface area contributed by atoms with Gasteiger partial charge in [-0.15, -0.1) is 0 Å². The smallest absolute Gasteiger partial charge is 0.238 e. The summed E-state index contributed by atoms with van der Waals surface area (Å²) in [4.78, 5) is 14.4. The number of hydrogen-bond donors (Lipinski definition) is 1. The molecule has 0 bridgehead atoms. The second-order valence-corrected chi connectivity index (χ2v) is 6.42. The number of ether oxygens (including phenoxy) is 2. The Morgan fingerprint density at radius 3 is 2.35 bits per heavy atom. The van der Waals surface area contributed by atoms with Crippen LogP contribution in [0.2, 0.25) is 0 Å². The van der Waals surface area contributed by atoms with Gasteiger partial charge in [0.15, 0.2) is 0 Å². The van der Waals surface area contributed by atoms with E-state index in [-0.39, 0.29) is 5.91 Å². The highest BCUT2D eigenvalue weighted by Crippen LogP contribution is 2.18. The molecule has 1 amide bonds. The number of likely N-dealkylation sites (tertiary alicyclic amines) is 1. The molecule has 0 unspecified atom stereocenters. The average Bonchev–Trinajstić information content (AvgIpc) is 2.67. The molecule has 0 aliphatic carbocycles. The van der Waals surface area contributed by atoms with E-state index in [0.717, 1.165) is 30.3 Å². The maximum absolute atomic E-state index is 12.2. The molecule has 1 aliphatic rings. The van der Waals surface area contributed by atoms with Crippen molar-refractivity contribution >= 4 is 11.6 Å². The van der Waals surface area contributed by atoms with Gasteiger partial charge in [0, 0.05) is 11.8 Å². The Kier molecular flexibility index (Phi) is 6.90. The molecule has 0 radical (unpaired) electrons. The van der Waals surface area contributed by atoms with Gasteiger partial charge in [0.2, 0.25) is 5.91 Å². The van der Waals surface area contributed by atoms with Crippen molar-refractivity contribution in [1.82, 2.24) is 4.90 Å². The number of anilines is 1. The van der Waals surface area contributed by atoms with E-state index >= 15 is 0 Å². The third-order valence-electron chi connectivity index (χ3n) is 4.30. The Morgan fingerprint density at radius 1 is 0.885 bits per heavy atom. The summed E-state index contributed by atoms with van der Waals surface area (Å²) < 4.78 is 11.3. The van der Waals surface area contributed by atoms with Crippen LogP contribution in [0.5, 0.6) is 11.5 Å². The lowest BCUT2D eigenvalue weighted by molar-refractivity contribution is -0.117. The van der Waals surface area contributed by atoms with Crippen molar-refractivity contribution < 1.29 is 14.3 Å². The van der Waals surface area contributed by atoms with Crippen LogP contribution in [-0.4, -0.2) is 43.7 Å². The van der Waals surface area contributed by atoms with Crippen molar-refractivity contribution in [2.75, 3.05) is 38.2 Å². The van der Waals surface area contributed by atoms with Gasteiger partial charge in [-0.2, -0.15) is 0 Å². The molecule has 3 rings (SSSR count). The van der Waals surface area contributed by atoms with Gasteiger partial charge < -0.3 is 14.8 Å². The lowest BCUT2D eigenvalue weighted by atomic mass is 10.1. The first-order chi connectivity index (χ1) is 12.8. The van der Waals surface area contributed by atoms with Crippen molar-refractivity contribution in [3.05, 3.63) is 54.6 Å². The van der Waals surface area contributed by atoms with Crippen LogP contribution in [0.1, 0.15) is 19.3 Å². The number of rotatable bonds is 8. The highest BCUT2D eigenvalue weighted by molar-refractivity contribution is 5.92. The molecule has 1 saturated heterocycles. The fraction of sp³-hybridized carbons (Fsp3) is 0.381. The van der Waals surface area contributed by atoms with Gasteiger partial charge in [0.05, 0.1) is 6.54 Å². The van der Waals surface area contributed by atoms with Crippen molar-refractivity contribution in [3.63, 3.8) is 0 Å². The Balaban J connectivity index is 1.41. The predicted octanol–water partition coefficient (Wildman–Crippen LogP) is 3.57. The van der Waals surface area contributed by atoms with Crippen LogP contribution in [-0.2, 0) is 4.79 Å². The van der Waals surface area contributed by atoms with Crippen molar-refractivity contribution in [2.45, 2.75) is 19.3 Å². The first-order valence-corrected chi connectivity index (χ1v) is 9.22. The van der Waals surface area contributed by atoms with Crippen LogP contribution >= 0.6 is 0 Å². The van der Waals surface area contributed by atoms with Gasteiger partial charge in [-0.1, -0.05) is 30.7 Å². The quantitative estimate of drug-likeness (QED) is 0.737. The minimum absolute atomic E-state index is 0.0245. The molecule has 2 aromatic rings. The minimum atomic E-state index is 0.0245. The molecule has 0 aromatic heterocycles. The Bertz CT molecular complexity index is 685. The molecule has 0 saturated carbocycles. The third-order valence-corrected chi connectivity index (χ3v) is 4.30. The van der Waals surface area contributed by atoms with E-state index in [1.54, 1.807) is 0 Å². The standard InChI is InChI=1S/C21H26N2O3/c24-21(17-23-12-5-2-6-13-23)22-18-8-7-11-20(16-18)26-15-14-25-19-9-3-1-4-10-19/h1,3-4,7-11,16H,2,5-6,12-15,17H2,(H,22,24). The summed E-state index contributed by atoms with van der Waals surface area (Å²) in [5.74, 6) is 1.57. The molecule has 2 aromatic carbocycles. The molecule has 1 aliphatic heterocycles. The van der Waals surface area contributed by atoms with E-state index in [1.807, 2.05) is 54.6 Å². The molecule has 1 fully saturated rings. The number of hydrogen-bond acceptors (Lipinski definition) is 4. The number of carbonyl (C=O) groups is 1. The van der Waals surface area contributed by atoms with E-state index in [2.05, 4.69) is 10.2 Å². The minimum Gasteiger partial charge on any atom is -0.490 e. The summed E-state index contributed by atoms with van der Waals surface area (Å²) in [7, 11) is 0. The molecule has 26 heavy (non-hydrogen) atoms. The number of piperidine rings is 1. The van der Waals surface area contributed by atoms with Crippen LogP contribution in [0, 0.1) is 0 Å². The zero-order chi connectivity index (χ0) is 18.0. The van der Waals surface area contributed by atoms with Crippen LogP contribution in [0.15, 0.2) is 54.6 Å². The molecule has 1 N–H and O–H groups in total. The second-order valence-electron chi connectivity index (χ2n) is 6.42. The van der Waals surface area contributed by atoms with Crippen LogP contribution in [0.3, 0.4) is 0 Å². The normalized spacial score (nSPS) is 14.6. The average molecular weight is 354 g/mol. The Morgan fingerprint density at radius 2 is 1.58 bits per heavy atom. The lowest BCUT2D eigenvalue weighted by Gasteiger charge is -2.25. The van der Waals surface area contributed by atoms with Gasteiger partial charge in [0.25, 0.3) is 0 Å². The van der Waals surface area contributed by atoms with Crippen LogP contribution in [0.4, 0.5) is 5.69 Å². The third kappa shape index (κ3) is 6.08. The van der Waals surface area contributed by atoms with E-state index in [0.29, 0.717) is 19.8 Å².